The van der Waals surface area contributed by atoms with Crippen molar-refractivity contribution in [2.45, 2.75) is 63.9 Å². The first-order chi connectivity index (χ1) is 12.8. The zero-order valence-corrected chi connectivity index (χ0v) is 17.4. The van der Waals surface area contributed by atoms with Crippen molar-refractivity contribution in [3.63, 3.8) is 0 Å². The molecule has 26 heavy (non-hydrogen) atoms. The third-order valence-corrected chi connectivity index (χ3v) is 5.84. The first-order valence-electron chi connectivity index (χ1n) is 9.67. The minimum absolute atomic E-state index is 0.451. The second-order valence-electron chi connectivity index (χ2n) is 6.66. The van der Waals surface area contributed by atoms with Gasteiger partial charge in [-0.3, -0.25) is 0 Å². The summed E-state index contributed by atoms with van der Waals surface area (Å²) in [5.74, 6) is 1.20. The van der Waals surface area contributed by atoms with Crippen molar-refractivity contribution >= 4 is 23.4 Å². The molecule has 2 rings (SSSR count). The molecule has 1 aromatic heterocycles. The molecule has 1 heterocycles. The standard InChI is InChI=1S/C21H31ClN2OS/c1-2-3-4-5-6-7-14-26-21(15-24-13-12-23-18-24)17-25-16-19-8-10-20(22)11-9-19/h8-13,18,21H,2-7,14-17H2,1H3. The molecule has 0 aliphatic rings. The summed E-state index contributed by atoms with van der Waals surface area (Å²) < 4.78 is 8.13. The van der Waals surface area contributed by atoms with Gasteiger partial charge in [-0.05, 0) is 29.9 Å². The number of halogens is 1. The van der Waals surface area contributed by atoms with Gasteiger partial charge >= 0.3 is 0 Å². The van der Waals surface area contributed by atoms with E-state index in [-0.39, 0.29) is 0 Å². The molecule has 0 amide bonds. The van der Waals surface area contributed by atoms with Crippen LogP contribution in [0, 0.1) is 0 Å². The van der Waals surface area contributed by atoms with E-state index in [0.29, 0.717) is 11.9 Å². The Balaban J connectivity index is 1.69. The summed E-state index contributed by atoms with van der Waals surface area (Å²) in [5.41, 5.74) is 1.16. The van der Waals surface area contributed by atoms with E-state index in [1.165, 1.54) is 44.3 Å². The Hall–Kier alpha value is -0.970. The second-order valence-corrected chi connectivity index (χ2v) is 8.51. The third-order valence-electron chi connectivity index (χ3n) is 4.31. The number of unbranched alkanes of at least 4 members (excludes halogenated alkanes) is 5. The Kier molecular flexibility index (Phi) is 10.9. The third kappa shape index (κ3) is 9.11. The van der Waals surface area contributed by atoms with E-state index in [2.05, 4.69) is 16.5 Å². The van der Waals surface area contributed by atoms with Gasteiger partial charge in [-0.15, -0.1) is 0 Å². The lowest BCUT2D eigenvalue weighted by molar-refractivity contribution is 0.119. The fourth-order valence-corrected chi connectivity index (χ4v) is 4.10. The zero-order valence-electron chi connectivity index (χ0n) is 15.8. The average Bonchev–Trinajstić information content (AvgIpc) is 3.15. The molecule has 1 unspecified atom stereocenters. The maximum Gasteiger partial charge on any atom is 0.0946 e. The zero-order chi connectivity index (χ0) is 18.5. The highest BCUT2D eigenvalue weighted by molar-refractivity contribution is 7.99. The molecule has 0 fully saturated rings. The molecule has 2 aromatic rings. The van der Waals surface area contributed by atoms with Gasteiger partial charge in [0.05, 0.1) is 19.5 Å². The number of nitrogens with zero attached hydrogens (tertiary/aromatic N) is 2. The number of hydrogen-bond acceptors (Lipinski definition) is 3. The Morgan fingerprint density at radius 1 is 1.12 bits per heavy atom. The molecular weight excluding hydrogens is 364 g/mol. The Bertz CT molecular complexity index is 574. The molecule has 5 heteroatoms. The summed E-state index contributed by atoms with van der Waals surface area (Å²) in [4.78, 5) is 4.15. The fourth-order valence-electron chi connectivity index (χ4n) is 2.80. The number of aromatic nitrogens is 2. The number of rotatable bonds is 14. The van der Waals surface area contributed by atoms with Gasteiger partial charge in [-0.25, -0.2) is 4.98 Å². The first-order valence-corrected chi connectivity index (χ1v) is 11.1. The monoisotopic (exact) mass is 394 g/mol. The highest BCUT2D eigenvalue weighted by Gasteiger charge is 2.11. The number of benzene rings is 1. The summed E-state index contributed by atoms with van der Waals surface area (Å²) in [6.45, 7) is 4.60. The molecule has 0 radical (unpaired) electrons. The lowest BCUT2D eigenvalue weighted by atomic mass is 10.1. The van der Waals surface area contributed by atoms with Gasteiger partial charge in [0.25, 0.3) is 0 Å². The van der Waals surface area contributed by atoms with Crippen LogP contribution in [0.3, 0.4) is 0 Å². The molecule has 0 saturated carbocycles. The van der Waals surface area contributed by atoms with Crippen molar-refractivity contribution < 1.29 is 4.74 Å². The Morgan fingerprint density at radius 2 is 1.88 bits per heavy atom. The van der Waals surface area contributed by atoms with Crippen molar-refractivity contribution in [3.05, 3.63) is 53.6 Å². The molecule has 0 spiro atoms. The van der Waals surface area contributed by atoms with E-state index >= 15 is 0 Å². The van der Waals surface area contributed by atoms with Crippen LogP contribution in [0.15, 0.2) is 43.0 Å². The average molecular weight is 395 g/mol. The van der Waals surface area contributed by atoms with Gasteiger partial charge in [0.1, 0.15) is 0 Å². The Labute approximate surface area is 167 Å². The maximum atomic E-state index is 5.98. The fraction of sp³-hybridized carbons (Fsp3) is 0.571. The van der Waals surface area contributed by atoms with E-state index in [4.69, 9.17) is 16.3 Å². The van der Waals surface area contributed by atoms with Crippen LogP contribution in [0.1, 0.15) is 51.0 Å². The number of ether oxygens (including phenoxy) is 1. The molecule has 0 bridgehead atoms. The topological polar surface area (TPSA) is 27.1 Å². The number of imidazole rings is 1. The van der Waals surface area contributed by atoms with E-state index in [1.54, 1.807) is 0 Å². The molecule has 0 aliphatic heterocycles. The summed E-state index contributed by atoms with van der Waals surface area (Å²) in [6.07, 6.45) is 13.8. The predicted octanol–water partition coefficient (Wildman–Crippen LogP) is 6.22. The van der Waals surface area contributed by atoms with Crippen LogP contribution in [-0.4, -0.2) is 27.2 Å². The van der Waals surface area contributed by atoms with Gasteiger partial charge in [-0.2, -0.15) is 11.8 Å². The summed E-state index contributed by atoms with van der Waals surface area (Å²) in [5, 5.41) is 1.22. The SMILES string of the molecule is CCCCCCCCSC(COCc1ccc(Cl)cc1)Cn1ccnc1. The van der Waals surface area contributed by atoms with Crippen molar-refractivity contribution in [2.24, 2.45) is 0 Å². The van der Waals surface area contributed by atoms with Crippen LogP contribution in [0.4, 0.5) is 0 Å². The second kappa shape index (κ2) is 13.2. The molecule has 0 N–H and O–H groups in total. The van der Waals surface area contributed by atoms with Crippen molar-refractivity contribution in [3.8, 4) is 0 Å². The molecule has 1 atom stereocenters. The van der Waals surface area contributed by atoms with E-state index in [9.17, 15) is 0 Å². The van der Waals surface area contributed by atoms with E-state index < -0.39 is 0 Å². The Morgan fingerprint density at radius 3 is 2.62 bits per heavy atom. The van der Waals surface area contributed by atoms with Gasteiger partial charge < -0.3 is 9.30 Å². The van der Waals surface area contributed by atoms with Crippen molar-refractivity contribution in [2.75, 3.05) is 12.4 Å². The number of hydrogen-bond donors (Lipinski definition) is 0. The van der Waals surface area contributed by atoms with Gasteiger partial charge in [0.2, 0.25) is 0 Å². The van der Waals surface area contributed by atoms with Crippen LogP contribution in [0.25, 0.3) is 0 Å². The maximum absolute atomic E-state index is 5.98. The smallest absolute Gasteiger partial charge is 0.0946 e. The predicted molar refractivity (Wildman–Crippen MR) is 113 cm³/mol. The van der Waals surface area contributed by atoms with E-state index in [1.807, 2.05) is 54.7 Å². The molecule has 1 aromatic carbocycles. The molecule has 144 valence electrons. The molecule has 3 nitrogen and oxygen atoms in total. The van der Waals surface area contributed by atoms with Crippen LogP contribution in [0.2, 0.25) is 5.02 Å². The van der Waals surface area contributed by atoms with Crippen LogP contribution in [-0.2, 0) is 17.9 Å². The normalized spacial score (nSPS) is 12.4. The van der Waals surface area contributed by atoms with Crippen molar-refractivity contribution in [1.29, 1.82) is 0 Å². The highest BCUT2D eigenvalue weighted by Crippen LogP contribution is 2.18. The van der Waals surface area contributed by atoms with Crippen molar-refractivity contribution in [1.82, 2.24) is 9.55 Å². The molecule has 0 saturated heterocycles. The lowest BCUT2D eigenvalue weighted by Gasteiger charge is -2.17. The molecule has 0 aliphatic carbocycles. The number of thioether (sulfide) groups is 1. The largest absolute Gasteiger partial charge is 0.376 e. The summed E-state index contributed by atoms with van der Waals surface area (Å²) >= 11 is 7.96. The van der Waals surface area contributed by atoms with Crippen LogP contribution in [0.5, 0.6) is 0 Å². The summed E-state index contributed by atoms with van der Waals surface area (Å²) in [6, 6.07) is 7.88. The van der Waals surface area contributed by atoms with Gasteiger partial charge in [0.15, 0.2) is 0 Å². The lowest BCUT2D eigenvalue weighted by Crippen LogP contribution is -2.19. The van der Waals surface area contributed by atoms with Gasteiger partial charge in [-0.1, -0.05) is 62.8 Å². The first kappa shape index (κ1) is 21.3. The molecular formula is C21H31ClN2OS. The highest BCUT2D eigenvalue weighted by atomic mass is 35.5. The van der Waals surface area contributed by atoms with Crippen LogP contribution < -0.4 is 0 Å². The summed E-state index contributed by atoms with van der Waals surface area (Å²) in [7, 11) is 0. The van der Waals surface area contributed by atoms with Crippen LogP contribution >= 0.6 is 23.4 Å². The minimum Gasteiger partial charge on any atom is -0.376 e. The van der Waals surface area contributed by atoms with E-state index in [0.717, 1.165) is 23.7 Å². The minimum atomic E-state index is 0.451. The quantitative estimate of drug-likeness (QED) is 0.356. The van der Waals surface area contributed by atoms with Gasteiger partial charge in [0, 0.05) is 29.2 Å².